The van der Waals surface area contributed by atoms with E-state index in [1.807, 2.05) is 19.1 Å². The van der Waals surface area contributed by atoms with Gasteiger partial charge >= 0.3 is 0 Å². The average Bonchev–Trinajstić information content (AvgIpc) is 2.76. The molecule has 1 heterocycles. The summed E-state index contributed by atoms with van der Waals surface area (Å²) in [5.41, 5.74) is 1.17. The van der Waals surface area contributed by atoms with E-state index in [1.165, 1.54) is 5.56 Å². The van der Waals surface area contributed by atoms with Crippen LogP contribution < -0.4 is 0 Å². The van der Waals surface area contributed by atoms with Crippen molar-refractivity contribution in [1.82, 2.24) is 4.31 Å². The maximum atomic E-state index is 12.4. The summed E-state index contributed by atoms with van der Waals surface area (Å²) in [7, 11) is -3.28. The third kappa shape index (κ3) is 2.38. The standard InChI is InChI=1S/C13H19NO2S/c1-3-12-6-8-13(9-7-12)17(15,16)14-10-4-5-11(14)2/h6-9,11H,3-5,10H2,1-2H3. The van der Waals surface area contributed by atoms with E-state index < -0.39 is 10.0 Å². The van der Waals surface area contributed by atoms with E-state index in [2.05, 4.69) is 6.92 Å². The third-order valence-corrected chi connectivity index (χ3v) is 5.46. The van der Waals surface area contributed by atoms with Gasteiger partial charge in [0.2, 0.25) is 10.0 Å². The largest absolute Gasteiger partial charge is 0.243 e. The van der Waals surface area contributed by atoms with E-state index in [1.54, 1.807) is 16.4 Å². The molecule has 1 aromatic rings. The minimum absolute atomic E-state index is 0.130. The fourth-order valence-electron chi connectivity index (χ4n) is 2.30. The van der Waals surface area contributed by atoms with Crippen LogP contribution in [0.3, 0.4) is 0 Å². The van der Waals surface area contributed by atoms with Crippen molar-refractivity contribution in [1.29, 1.82) is 0 Å². The Morgan fingerprint density at radius 2 is 1.94 bits per heavy atom. The second-order valence-electron chi connectivity index (χ2n) is 4.60. The average molecular weight is 253 g/mol. The van der Waals surface area contributed by atoms with Crippen LogP contribution in [0.15, 0.2) is 29.2 Å². The first-order valence-electron chi connectivity index (χ1n) is 6.16. The van der Waals surface area contributed by atoms with Crippen LogP contribution in [0.2, 0.25) is 0 Å². The molecule has 4 heteroatoms. The van der Waals surface area contributed by atoms with Gasteiger partial charge in [0, 0.05) is 12.6 Å². The summed E-state index contributed by atoms with van der Waals surface area (Å²) in [6.45, 7) is 4.69. The number of nitrogens with zero attached hydrogens (tertiary/aromatic N) is 1. The lowest BCUT2D eigenvalue weighted by molar-refractivity contribution is 0.408. The number of benzene rings is 1. The summed E-state index contributed by atoms with van der Waals surface area (Å²) in [5, 5.41) is 0. The third-order valence-electron chi connectivity index (χ3n) is 3.43. The van der Waals surface area contributed by atoms with Gasteiger partial charge in [0.25, 0.3) is 0 Å². The molecular weight excluding hydrogens is 234 g/mol. The summed E-state index contributed by atoms with van der Waals surface area (Å²) in [6.07, 6.45) is 2.86. The van der Waals surface area contributed by atoms with Gasteiger partial charge in [-0.2, -0.15) is 4.31 Å². The van der Waals surface area contributed by atoms with Crippen molar-refractivity contribution in [3.05, 3.63) is 29.8 Å². The Morgan fingerprint density at radius 1 is 1.29 bits per heavy atom. The fourth-order valence-corrected chi connectivity index (χ4v) is 4.00. The van der Waals surface area contributed by atoms with Crippen molar-refractivity contribution < 1.29 is 8.42 Å². The van der Waals surface area contributed by atoms with Crippen molar-refractivity contribution in [3.63, 3.8) is 0 Å². The number of hydrogen-bond acceptors (Lipinski definition) is 2. The van der Waals surface area contributed by atoms with Crippen LogP contribution in [0.5, 0.6) is 0 Å². The van der Waals surface area contributed by atoms with E-state index in [0.717, 1.165) is 19.3 Å². The van der Waals surface area contributed by atoms with Gasteiger partial charge in [-0.1, -0.05) is 19.1 Å². The van der Waals surface area contributed by atoms with Crippen LogP contribution in [0.25, 0.3) is 0 Å². The lowest BCUT2D eigenvalue weighted by atomic mass is 10.2. The molecule has 0 bridgehead atoms. The highest BCUT2D eigenvalue weighted by molar-refractivity contribution is 7.89. The molecule has 1 atom stereocenters. The highest BCUT2D eigenvalue weighted by atomic mass is 32.2. The summed E-state index contributed by atoms with van der Waals surface area (Å²) in [6, 6.07) is 7.37. The van der Waals surface area contributed by atoms with Crippen LogP contribution in [0, 0.1) is 0 Å². The SMILES string of the molecule is CCc1ccc(S(=O)(=O)N2CCCC2C)cc1. The number of rotatable bonds is 3. The molecule has 0 aromatic heterocycles. The zero-order valence-corrected chi connectivity index (χ0v) is 11.2. The predicted octanol–water partition coefficient (Wildman–Crippen LogP) is 2.42. The van der Waals surface area contributed by atoms with Crippen molar-refractivity contribution in [2.45, 2.75) is 44.0 Å². The first kappa shape index (κ1) is 12.6. The maximum absolute atomic E-state index is 12.4. The van der Waals surface area contributed by atoms with Gasteiger partial charge in [-0.15, -0.1) is 0 Å². The minimum Gasteiger partial charge on any atom is -0.207 e. The van der Waals surface area contributed by atoms with Crippen LogP contribution in [0.4, 0.5) is 0 Å². The van der Waals surface area contributed by atoms with Gasteiger partial charge in [-0.3, -0.25) is 0 Å². The zero-order valence-electron chi connectivity index (χ0n) is 10.4. The van der Waals surface area contributed by atoms with E-state index >= 15 is 0 Å². The van der Waals surface area contributed by atoms with Crippen molar-refractivity contribution in [2.24, 2.45) is 0 Å². The smallest absolute Gasteiger partial charge is 0.207 e. The Labute approximate surface area is 104 Å². The predicted molar refractivity (Wildman–Crippen MR) is 68.4 cm³/mol. The summed E-state index contributed by atoms with van der Waals surface area (Å²) >= 11 is 0. The molecule has 94 valence electrons. The normalized spacial score (nSPS) is 21.9. The molecule has 1 aliphatic rings. The molecule has 0 radical (unpaired) electrons. The topological polar surface area (TPSA) is 37.4 Å². The summed E-state index contributed by atoms with van der Waals surface area (Å²) in [4.78, 5) is 0.420. The molecule has 0 aliphatic carbocycles. The van der Waals surface area contributed by atoms with Gasteiger partial charge in [-0.05, 0) is 43.9 Å². The lowest BCUT2D eigenvalue weighted by Crippen LogP contribution is -2.33. The molecule has 0 spiro atoms. The van der Waals surface area contributed by atoms with Crippen LogP contribution >= 0.6 is 0 Å². The quantitative estimate of drug-likeness (QED) is 0.829. The molecule has 0 N–H and O–H groups in total. The molecule has 1 saturated heterocycles. The van der Waals surface area contributed by atoms with Crippen molar-refractivity contribution in [2.75, 3.05) is 6.54 Å². The molecule has 2 rings (SSSR count). The van der Waals surface area contributed by atoms with Gasteiger partial charge in [0.1, 0.15) is 0 Å². The first-order valence-corrected chi connectivity index (χ1v) is 7.60. The van der Waals surface area contributed by atoms with Crippen LogP contribution in [0.1, 0.15) is 32.3 Å². The van der Waals surface area contributed by atoms with Gasteiger partial charge in [-0.25, -0.2) is 8.42 Å². The summed E-state index contributed by atoms with van der Waals surface area (Å²) < 4.78 is 26.4. The Bertz CT molecular complexity index is 479. The Morgan fingerprint density at radius 3 is 2.41 bits per heavy atom. The molecular formula is C13H19NO2S. The molecule has 1 aromatic carbocycles. The molecule has 1 aliphatic heterocycles. The van der Waals surface area contributed by atoms with Crippen LogP contribution in [-0.2, 0) is 16.4 Å². The van der Waals surface area contributed by atoms with Gasteiger partial charge in [0.15, 0.2) is 0 Å². The minimum atomic E-state index is -3.28. The zero-order chi connectivity index (χ0) is 12.5. The monoisotopic (exact) mass is 253 g/mol. The van der Waals surface area contributed by atoms with Gasteiger partial charge < -0.3 is 0 Å². The van der Waals surface area contributed by atoms with Crippen molar-refractivity contribution in [3.8, 4) is 0 Å². The van der Waals surface area contributed by atoms with Crippen molar-refractivity contribution >= 4 is 10.0 Å². The molecule has 0 saturated carbocycles. The fraction of sp³-hybridized carbons (Fsp3) is 0.538. The highest BCUT2D eigenvalue weighted by Crippen LogP contribution is 2.25. The molecule has 1 fully saturated rings. The second kappa shape index (κ2) is 4.78. The Hall–Kier alpha value is -0.870. The van der Waals surface area contributed by atoms with E-state index in [4.69, 9.17) is 0 Å². The second-order valence-corrected chi connectivity index (χ2v) is 6.50. The molecule has 0 amide bonds. The first-order chi connectivity index (χ1) is 8.05. The number of hydrogen-bond donors (Lipinski definition) is 0. The van der Waals surface area contributed by atoms with Crippen LogP contribution in [-0.4, -0.2) is 25.3 Å². The molecule has 1 unspecified atom stereocenters. The van der Waals surface area contributed by atoms with E-state index in [0.29, 0.717) is 11.4 Å². The lowest BCUT2D eigenvalue weighted by Gasteiger charge is -2.20. The highest BCUT2D eigenvalue weighted by Gasteiger charge is 2.32. The van der Waals surface area contributed by atoms with E-state index in [9.17, 15) is 8.42 Å². The van der Waals surface area contributed by atoms with Gasteiger partial charge in [0.05, 0.1) is 4.90 Å². The molecule has 17 heavy (non-hydrogen) atoms. The number of aryl methyl sites for hydroxylation is 1. The molecule has 3 nitrogen and oxygen atoms in total. The summed E-state index contributed by atoms with van der Waals surface area (Å²) in [5.74, 6) is 0. The Kier molecular flexibility index (Phi) is 3.54. The maximum Gasteiger partial charge on any atom is 0.243 e. The van der Waals surface area contributed by atoms with E-state index in [-0.39, 0.29) is 6.04 Å². The number of sulfonamides is 1. The Balaban J connectivity index is 2.31.